The quantitative estimate of drug-likeness (QED) is 0.0979. The minimum absolute atomic E-state index is 0.116. The highest BCUT2D eigenvalue weighted by Gasteiger charge is 2.79. The fourth-order valence-electron chi connectivity index (χ4n) is 12.1. The van der Waals surface area contributed by atoms with E-state index in [1.54, 1.807) is 25.1 Å². The Hall–Kier alpha value is -5.72. The Bertz CT molecular complexity index is 2510. The molecule has 2 aromatic carbocycles. The molecule has 4 aliphatic carbocycles. The zero-order valence-corrected chi connectivity index (χ0v) is 39.3. The van der Waals surface area contributed by atoms with Crippen LogP contribution in [0.5, 0.6) is 0 Å². The number of nitrogens with zero attached hydrogens (tertiary/aromatic N) is 1. The molecule has 0 bridgehead atoms. The molecule has 0 radical (unpaired) electrons. The molecular weight excluding hydrogens is 892 g/mol. The van der Waals surface area contributed by atoms with Gasteiger partial charge >= 0.3 is 0 Å². The van der Waals surface area contributed by atoms with E-state index in [2.05, 4.69) is 16.0 Å². The van der Waals surface area contributed by atoms with Crippen LogP contribution in [0, 0.1) is 22.7 Å². The van der Waals surface area contributed by atoms with Crippen LogP contribution in [0.15, 0.2) is 78.4 Å². The number of amides is 5. The molecule has 5 amide bonds. The van der Waals surface area contributed by atoms with Crippen LogP contribution in [0.4, 0.5) is 10.1 Å². The second-order valence-corrected chi connectivity index (χ2v) is 19.9. The van der Waals surface area contributed by atoms with E-state index in [-0.39, 0.29) is 55.9 Å². The molecule has 0 aromatic heterocycles. The van der Waals surface area contributed by atoms with Crippen molar-refractivity contribution in [3.05, 3.63) is 101 Å². The lowest BCUT2D eigenvalue weighted by Gasteiger charge is -2.62. The molecule has 6 aliphatic rings. The summed E-state index contributed by atoms with van der Waals surface area (Å²) in [5.74, 6) is -4.08. The maximum atomic E-state index is 17.8. The van der Waals surface area contributed by atoms with E-state index in [0.29, 0.717) is 60.9 Å². The number of aliphatic hydroxyl groups excluding tert-OH is 3. The molecule has 11 atom stereocenters. The summed E-state index contributed by atoms with van der Waals surface area (Å²) in [5.41, 5.74) is -2.33. The standard InChI is InChI=1S/C52H61FN4O12/c1-29(54-43(63)8-6-5-7-21-57-44(64)17-18-45(57)65)46(66)55-30(2)47(67)56-39-23-32(11-14-34(39)27-58)22-31-9-12-33(13-10-31)48-68-42-25-38-37-16-15-35-24-36(60)19-20-49(35,3)51(37,53)40(61)26-50(38,4)52(42,69-48)41(62)28-59/h9-14,17-20,23-24,29-30,37-38,40,42,48,58-59,61H,5-8,15-16,21-22,25-28H2,1-4H3,(H,54,63)(H,55,66)(H,56,67)/t29-,30-,37-,38-,40-,42+,48+,49-,50-,51-,52+/m0/s1. The molecule has 3 saturated carbocycles. The normalized spacial score (nSPS) is 31.8. The largest absolute Gasteiger partial charge is 0.392 e. The van der Waals surface area contributed by atoms with Gasteiger partial charge in [0.25, 0.3) is 11.8 Å². The molecule has 2 heterocycles. The number of carbonyl (C=O) groups excluding carboxylic acids is 7. The van der Waals surface area contributed by atoms with E-state index >= 15 is 4.39 Å². The van der Waals surface area contributed by atoms with Crippen LogP contribution in [0.1, 0.15) is 108 Å². The highest BCUT2D eigenvalue weighted by Crippen LogP contribution is 2.72. The number of carbonyl (C=O) groups is 7. The van der Waals surface area contributed by atoms with Crippen LogP contribution < -0.4 is 16.0 Å². The third-order valence-corrected chi connectivity index (χ3v) is 15.9. The van der Waals surface area contributed by atoms with Crippen LogP contribution in [0.2, 0.25) is 0 Å². The van der Waals surface area contributed by atoms with Crippen LogP contribution >= 0.6 is 0 Å². The zero-order valence-electron chi connectivity index (χ0n) is 39.3. The summed E-state index contributed by atoms with van der Waals surface area (Å²) in [4.78, 5) is 89.5. The summed E-state index contributed by atoms with van der Waals surface area (Å²) >= 11 is 0. The first kappa shape index (κ1) is 49.7. The van der Waals surface area contributed by atoms with Gasteiger partial charge in [-0.2, -0.15) is 0 Å². The Balaban J connectivity index is 0.864. The van der Waals surface area contributed by atoms with Gasteiger partial charge in [0.1, 0.15) is 18.7 Å². The van der Waals surface area contributed by atoms with Crippen molar-refractivity contribution >= 4 is 46.8 Å². The Labute approximate surface area is 399 Å². The fourth-order valence-corrected chi connectivity index (χ4v) is 12.1. The third kappa shape index (κ3) is 8.70. The maximum Gasteiger partial charge on any atom is 0.253 e. The zero-order chi connectivity index (χ0) is 49.6. The van der Waals surface area contributed by atoms with Gasteiger partial charge in [0.2, 0.25) is 17.7 Å². The number of hydrogen-bond acceptors (Lipinski definition) is 12. The summed E-state index contributed by atoms with van der Waals surface area (Å²) in [6.07, 6.45) is 6.73. The van der Waals surface area contributed by atoms with E-state index in [0.717, 1.165) is 16.0 Å². The molecule has 0 unspecified atom stereocenters. The van der Waals surface area contributed by atoms with Crippen LogP contribution in [-0.2, 0) is 56.1 Å². The first-order chi connectivity index (χ1) is 32.8. The summed E-state index contributed by atoms with van der Waals surface area (Å²) in [6.45, 7) is 5.65. The third-order valence-electron chi connectivity index (χ3n) is 15.9. The summed E-state index contributed by atoms with van der Waals surface area (Å²) in [5, 5.41) is 40.4. The molecule has 368 valence electrons. The second kappa shape index (κ2) is 19.2. The van der Waals surface area contributed by atoms with E-state index in [9.17, 15) is 48.9 Å². The average molecular weight is 953 g/mol. The van der Waals surface area contributed by atoms with Gasteiger partial charge in [0, 0.05) is 58.7 Å². The molecular formula is C52H61FN4O12. The number of nitrogens with one attached hydrogen (secondary N) is 3. The minimum atomic E-state index is -2.11. The minimum Gasteiger partial charge on any atom is -0.392 e. The number of ketones is 2. The lowest BCUT2D eigenvalue weighted by molar-refractivity contribution is -0.231. The van der Waals surface area contributed by atoms with Crippen molar-refractivity contribution in [2.45, 2.75) is 134 Å². The fraction of sp³-hybridized carbons (Fsp3) is 0.519. The topological polar surface area (TPSA) is 238 Å². The number of halogens is 1. The number of alkyl halides is 1. The predicted octanol–water partition coefficient (Wildman–Crippen LogP) is 3.90. The van der Waals surface area contributed by atoms with Gasteiger partial charge in [-0.25, -0.2) is 4.39 Å². The molecule has 2 aromatic rings. The summed E-state index contributed by atoms with van der Waals surface area (Å²) in [6, 6.07) is 10.7. The number of fused-ring (bicyclic) bond motifs is 7. The molecule has 69 heavy (non-hydrogen) atoms. The van der Waals surface area contributed by atoms with Crippen molar-refractivity contribution in [2.75, 3.05) is 18.5 Å². The summed E-state index contributed by atoms with van der Waals surface area (Å²) < 4.78 is 31.0. The van der Waals surface area contributed by atoms with Gasteiger partial charge in [-0.3, -0.25) is 38.5 Å². The number of imide groups is 1. The molecule has 4 fully saturated rings. The van der Waals surface area contributed by atoms with E-state index < -0.39 is 88.7 Å². The molecule has 1 saturated heterocycles. The molecule has 16 nitrogen and oxygen atoms in total. The Kier molecular flexibility index (Phi) is 13.8. The lowest BCUT2D eigenvalue weighted by atomic mass is 9.44. The highest BCUT2D eigenvalue weighted by molar-refractivity contribution is 6.12. The SMILES string of the molecule is C[C@H](NC(=O)CCCCCN1C(=O)C=CC1=O)C(=O)N[C@@H](C)C(=O)Nc1cc(Cc2ccc([C@@H]3O[C@@H]4C[C@H]5[C@@H]6CCC7=CC(=O)C=C[C@]7(C)[C@@]6(F)[C@@H](O)C[C@]5(C)[C@]4(C(=O)CO)O3)cc2)ccc1CO. The van der Waals surface area contributed by atoms with Crippen LogP contribution in [0.3, 0.4) is 0 Å². The number of ether oxygens (including phenoxy) is 2. The van der Waals surface area contributed by atoms with Crippen molar-refractivity contribution in [1.82, 2.24) is 15.5 Å². The first-order valence-electron chi connectivity index (χ1n) is 23.8. The van der Waals surface area contributed by atoms with Crippen LogP contribution in [0.25, 0.3) is 0 Å². The van der Waals surface area contributed by atoms with Crippen molar-refractivity contribution in [1.29, 1.82) is 0 Å². The Morgan fingerprint density at radius 3 is 2.28 bits per heavy atom. The van der Waals surface area contributed by atoms with E-state index in [4.69, 9.17) is 9.47 Å². The van der Waals surface area contributed by atoms with Gasteiger partial charge in [0.05, 0.1) is 18.8 Å². The van der Waals surface area contributed by atoms with Crippen LogP contribution in [-0.4, -0.2) is 110 Å². The van der Waals surface area contributed by atoms with Gasteiger partial charge < -0.3 is 40.7 Å². The van der Waals surface area contributed by atoms with Gasteiger partial charge in [-0.05, 0) is 101 Å². The first-order valence-corrected chi connectivity index (χ1v) is 23.8. The van der Waals surface area contributed by atoms with Gasteiger partial charge in [-0.1, -0.05) is 61.4 Å². The highest BCUT2D eigenvalue weighted by atomic mass is 19.1. The molecule has 2 aliphatic heterocycles. The smallest absolute Gasteiger partial charge is 0.253 e. The van der Waals surface area contributed by atoms with Gasteiger partial charge in [0.15, 0.2) is 29.1 Å². The molecule has 6 N–H and O–H groups in total. The number of allylic oxidation sites excluding steroid dienone is 4. The number of anilines is 1. The second-order valence-electron chi connectivity index (χ2n) is 19.9. The van der Waals surface area contributed by atoms with Crippen molar-refractivity contribution < 1.29 is 62.7 Å². The number of unbranched alkanes of at least 4 members (excludes halogenated alkanes) is 2. The number of rotatable bonds is 17. The average Bonchev–Trinajstić information content (AvgIpc) is 3.94. The Morgan fingerprint density at radius 2 is 1.58 bits per heavy atom. The monoisotopic (exact) mass is 952 g/mol. The number of Topliss-reactive ketones (excluding diaryl/α,β-unsaturated/α-hetero) is 1. The molecule has 0 spiro atoms. The maximum absolute atomic E-state index is 17.8. The van der Waals surface area contributed by atoms with E-state index in [1.165, 1.54) is 38.2 Å². The van der Waals surface area contributed by atoms with Crippen molar-refractivity contribution in [2.24, 2.45) is 22.7 Å². The Morgan fingerprint density at radius 1 is 0.884 bits per heavy atom. The summed E-state index contributed by atoms with van der Waals surface area (Å²) in [7, 11) is 0. The van der Waals surface area contributed by atoms with Crippen molar-refractivity contribution in [3.8, 4) is 0 Å². The predicted molar refractivity (Wildman–Crippen MR) is 247 cm³/mol. The van der Waals surface area contributed by atoms with Crippen molar-refractivity contribution in [3.63, 3.8) is 0 Å². The number of aliphatic hydroxyl groups is 3. The molecule has 17 heteroatoms. The lowest BCUT2D eigenvalue weighted by Crippen LogP contribution is -2.69. The number of hydrogen-bond donors (Lipinski definition) is 6. The number of benzene rings is 2. The van der Waals surface area contributed by atoms with Gasteiger partial charge in [-0.15, -0.1) is 0 Å². The van der Waals surface area contributed by atoms with E-state index in [1.807, 2.05) is 37.3 Å². The molecule has 8 rings (SSSR count).